The first-order valence-electron chi connectivity index (χ1n) is 8.77. The zero-order valence-electron chi connectivity index (χ0n) is 17.4. The van der Waals surface area contributed by atoms with E-state index in [1.165, 1.54) is 11.8 Å². The molecule has 27 heavy (non-hydrogen) atoms. The number of benzene rings is 1. The lowest BCUT2D eigenvalue weighted by molar-refractivity contribution is 0.348. The second-order valence-corrected chi connectivity index (χ2v) is 9.84. The molecule has 0 saturated heterocycles. The van der Waals surface area contributed by atoms with Crippen LogP contribution in [0.15, 0.2) is 23.2 Å². The summed E-state index contributed by atoms with van der Waals surface area (Å²) in [5.41, 5.74) is 2.07. The molecule has 0 amide bonds. The van der Waals surface area contributed by atoms with E-state index < -0.39 is 9.84 Å². The predicted octanol–water partition coefficient (Wildman–Crippen LogP) is 3.31. The third kappa shape index (κ3) is 9.64. The summed E-state index contributed by atoms with van der Waals surface area (Å²) in [6.45, 7) is 8.82. The molecule has 0 fully saturated rings. The van der Waals surface area contributed by atoms with Crippen molar-refractivity contribution in [1.82, 2.24) is 10.6 Å². The average Bonchev–Trinajstić information content (AvgIpc) is 2.56. The van der Waals surface area contributed by atoms with E-state index in [0.29, 0.717) is 18.9 Å². The van der Waals surface area contributed by atoms with E-state index in [1.54, 1.807) is 14.2 Å². The highest BCUT2D eigenvalue weighted by Crippen LogP contribution is 2.26. The van der Waals surface area contributed by atoms with Crippen LogP contribution >= 0.6 is 24.0 Å². The van der Waals surface area contributed by atoms with Crippen molar-refractivity contribution in [2.75, 3.05) is 32.7 Å². The predicted molar refractivity (Wildman–Crippen MR) is 124 cm³/mol. The highest BCUT2D eigenvalue weighted by atomic mass is 127. The van der Waals surface area contributed by atoms with E-state index in [2.05, 4.69) is 28.6 Å². The van der Waals surface area contributed by atoms with Crippen LogP contribution in [-0.4, -0.2) is 47.1 Å². The van der Waals surface area contributed by atoms with E-state index in [4.69, 9.17) is 4.74 Å². The number of aryl methyl sites for hydroxylation is 1. The van der Waals surface area contributed by atoms with Crippen LogP contribution in [0.25, 0.3) is 0 Å². The molecule has 0 heterocycles. The molecule has 8 heteroatoms. The minimum atomic E-state index is -2.96. The standard InChI is InChI=1S/C19H33N3O3S.HI/c1-14-8-9-17(25-6)16(12-14)15(2)22-18(20-5)21-13-19(3,4)10-11-26(7,23)24;/h8-9,12,15H,10-11,13H2,1-7H3,(H2,20,21,22);1H. The Hall–Kier alpha value is -1.03. The summed E-state index contributed by atoms with van der Waals surface area (Å²) in [7, 11) is 0.430. The number of rotatable bonds is 8. The van der Waals surface area contributed by atoms with Gasteiger partial charge < -0.3 is 15.4 Å². The molecule has 0 aliphatic rings. The van der Waals surface area contributed by atoms with Gasteiger partial charge in [0.2, 0.25) is 0 Å². The molecule has 1 aromatic rings. The molecule has 156 valence electrons. The number of guanidine groups is 1. The summed E-state index contributed by atoms with van der Waals surface area (Å²) < 4.78 is 28.2. The molecule has 0 aliphatic heterocycles. The van der Waals surface area contributed by atoms with E-state index in [1.807, 2.05) is 32.9 Å². The Kier molecular flexibility index (Phi) is 10.7. The van der Waals surface area contributed by atoms with Gasteiger partial charge in [-0.05, 0) is 31.7 Å². The number of nitrogens with one attached hydrogen (secondary N) is 2. The maximum Gasteiger partial charge on any atom is 0.191 e. The first-order chi connectivity index (χ1) is 12.0. The van der Waals surface area contributed by atoms with Crippen molar-refractivity contribution in [2.45, 2.75) is 40.2 Å². The number of nitrogens with zero attached hydrogens (tertiary/aromatic N) is 1. The van der Waals surface area contributed by atoms with Crippen molar-refractivity contribution in [2.24, 2.45) is 10.4 Å². The molecule has 1 aromatic carbocycles. The lowest BCUT2D eigenvalue weighted by Crippen LogP contribution is -2.43. The first kappa shape index (κ1) is 26.0. The number of sulfone groups is 1. The Morgan fingerprint density at radius 3 is 2.48 bits per heavy atom. The van der Waals surface area contributed by atoms with Crippen LogP contribution in [0.3, 0.4) is 0 Å². The monoisotopic (exact) mass is 511 g/mol. The summed E-state index contributed by atoms with van der Waals surface area (Å²) >= 11 is 0. The lowest BCUT2D eigenvalue weighted by Gasteiger charge is -2.27. The van der Waals surface area contributed by atoms with Crippen molar-refractivity contribution in [1.29, 1.82) is 0 Å². The fourth-order valence-electron chi connectivity index (χ4n) is 2.54. The normalized spacial score (nSPS) is 13.5. The minimum absolute atomic E-state index is 0. The summed E-state index contributed by atoms with van der Waals surface area (Å²) in [6, 6.07) is 6.09. The Bertz CT molecular complexity index is 734. The minimum Gasteiger partial charge on any atom is -0.496 e. The van der Waals surface area contributed by atoms with Gasteiger partial charge >= 0.3 is 0 Å². The van der Waals surface area contributed by atoms with Crippen LogP contribution in [-0.2, 0) is 9.84 Å². The van der Waals surface area contributed by atoms with Crippen LogP contribution in [0.4, 0.5) is 0 Å². The van der Waals surface area contributed by atoms with Gasteiger partial charge in [0, 0.05) is 25.4 Å². The van der Waals surface area contributed by atoms with Gasteiger partial charge in [-0.15, -0.1) is 24.0 Å². The van der Waals surface area contributed by atoms with Crippen molar-refractivity contribution < 1.29 is 13.2 Å². The van der Waals surface area contributed by atoms with Gasteiger partial charge in [-0.25, -0.2) is 8.42 Å². The highest BCUT2D eigenvalue weighted by molar-refractivity contribution is 14.0. The van der Waals surface area contributed by atoms with Crippen LogP contribution < -0.4 is 15.4 Å². The maximum absolute atomic E-state index is 11.4. The van der Waals surface area contributed by atoms with Crippen molar-refractivity contribution in [3.8, 4) is 5.75 Å². The number of aliphatic imine (C=N–C) groups is 1. The summed E-state index contributed by atoms with van der Waals surface area (Å²) in [4.78, 5) is 4.28. The molecule has 0 aliphatic carbocycles. The highest BCUT2D eigenvalue weighted by Gasteiger charge is 2.21. The third-order valence-electron chi connectivity index (χ3n) is 4.31. The first-order valence-corrected chi connectivity index (χ1v) is 10.8. The SMILES string of the molecule is CN=C(NCC(C)(C)CCS(C)(=O)=O)NC(C)c1cc(C)ccc1OC.I. The summed E-state index contributed by atoms with van der Waals surface area (Å²) in [5.74, 6) is 1.69. The Balaban J connectivity index is 0.00000676. The number of hydrogen-bond acceptors (Lipinski definition) is 4. The van der Waals surface area contributed by atoms with Gasteiger partial charge in [-0.1, -0.05) is 31.5 Å². The van der Waals surface area contributed by atoms with Gasteiger partial charge in [0.15, 0.2) is 5.96 Å². The average molecular weight is 511 g/mol. The molecule has 2 N–H and O–H groups in total. The number of ether oxygens (including phenoxy) is 1. The molecule has 0 radical (unpaired) electrons. The Morgan fingerprint density at radius 1 is 1.33 bits per heavy atom. The van der Waals surface area contributed by atoms with Crippen LogP contribution in [0.2, 0.25) is 0 Å². The van der Waals surface area contributed by atoms with E-state index in [0.717, 1.165) is 11.3 Å². The molecule has 1 rings (SSSR count). The van der Waals surface area contributed by atoms with Gasteiger partial charge in [0.05, 0.1) is 18.9 Å². The molecule has 0 bridgehead atoms. The van der Waals surface area contributed by atoms with E-state index in [-0.39, 0.29) is 41.2 Å². The maximum atomic E-state index is 11.4. The van der Waals surface area contributed by atoms with Crippen molar-refractivity contribution in [3.05, 3.63) is 29.3 Å². The summed E-state index contributed by atoms with van der Waals surface area (Å²) in [6.07, 6.45) is 1.87. The van der Waals surface area contributed by atoms with Gasteiger partial charge in [0.25, 0.3) is 0 Å². The second-order valence-electron chi connectivity index (χ2n) is 7.58. The van der Waals surface area contributed by atoms with Crippen LogP contribution in [0.1, 0.15) is 44.4 Å². The molecule has 6 nitrogen and oxygen atoms in total. The third-order valence-corrected chi connectivity index (χ3v) is 5.26. The molecule has 1 atom stereocenters. The van der Waals surface area contributed by atoms with Gasteiger partial charge in [-0.3, -0.25) is 4.99 Å². The van der Waals surface area contributed by atoms with Gasteiger partial charge in [-0.2, -0.15) is 0 Å². The Labute approximate surface area is 181 Å². The molecule has 0 aromatic heterocycles. The number of hydrogen-bond donors (Lipinski definition) is 2. The molecular weight excluding hydrogens is 477 g/mol. The zero-order chi connectivity index (χ0) is 20.0. The quantitative estimate of drug-likeness (QED) is 0.318. The number of methoxy groups -OCH3 is 1. The van der Waals surface area contributed by atoms with Gasteiger partial charge in [0.1, 0.15) is 15.6 Å². The largest absolute Gasteiger partial charge is 0.496 e. The topological polar surface area (TPSA) is 79.8 Å². The summed E-state index contributed by atoms with van der Waals surface area (Å²) in [5, 5.41) is 6.67. The van der Waals surface area contributed by atoms with Crippen LogP contribution in [0, 0.1) is 12.3 Å². The number of halogens is 1. The Morgan fingerprint density at radius 2 is 1.96 bits per heavy atom. The fourth-order valence-corrected chi connectivity index (χ4v) is 3.47. The second kappa shape index (κ2) is 11.1. The lowest BCUT2D eigenvalue weighted by atomic mass is 9.90. The smallest absolute Gasteiger partial charge is 0.191 e. The van der Waals surface area contributed by atoms with Crippen LogP contribution in [0.5, 0.6) is 5.75 Å². The van der Waals surface area contributed by atoms with Crippen molar-refractivity contribution in [3.63, 3.8) is 0 Å². The molecule has 0 saturated carbocycles. The molecular formula is C19H34IN3O3S. The van der Waals surface area contributed by atoms with Crippen molar-refractivity contribution >= 4 is 39.8 Å². The van der Waals surface area contributed by atoms with E-state index >= 15 is 0 Å². The molecule has 1 unspecified atom stereocenters. The van der Waals surface area contributed by atoms with E-state index in [9.17, 15) is 8.42 Å². The fraction of sp³-hybridized carbons (Fsp3) is 0.632. The molecule has 0 spiro atoms. The zero-order valence-corrected chi connectivity index (χ0v) is 20.6.